The number of ether oxygens (including phenoxy) is 1. The third kappa shape index (κ3) is 0.251. The van der Waals surface area contributed by atoms with E-state index in [0.29, 0.717) is 24.4 Å². The number of aliphatic hydroxyl groups excluding tert-OH is 1. The second-order valence-corrected chi connectivity index (χ2v) is 5.86. The number of methoxy groups -OCH3 is 1. The molecule has 6 rings (SSSR count). The molecular weight excluding hydrogens is 180 g/mol. The van der Waals surface area contributed by atoms with Gasteiger partial charge >= 0.3 is 5.97 Å². The largest absolute Gasteiger partial charge is 0.469 e. The molecule has 6 fully saturated rings. The third-order valence-electron chi connectivity index (χ3n) is 6.60. The Kier molecular flexibility index (Phi) is 0.668. The van der Waals surface area contributed by atoms with Gasteiger partial charge in [0.2, 0.25) is 0 Å². The highest BCUT2D eigenvalue weighted by atomic mass is 16.5. The van der Waals surface area contributed by atoms with Gasteiger partial charge in [0.1, 0.15) is 0 Å². The lowest BCUT2D eigenvalue weighted by molar-refractivity contribution is -0.647. The highest BCUT2D eigenvalue weighted by Crippen LogP contribution is 3.10. The summed E-state index contributed by atoms with van der Waals surface area (Å²) in [5.74, 6) is 4.12. The van der Waals surface area contributed by atoms with Crippen LogP contribution in [0.15, 0.2) is 0 Å². The fourth-order valence-electron chi connectivity index (χ4n) is 6.75. The molecular formula is C11H12O3. The second kappa shape index (κ2) is 1.37. The molecule has 0 heterocycles. The van der Waals surface area contributed by atoms with Gasteiger partial charge in [0, 0.05) is 12.0 Å². The van der Waals surface area contributed by atoms with Gasteiger partial charge in [-0.3, -0.25) is 4.79 Å². The van der Waals surface area contributed by atoms with Gasteiger partial charge in [0.05, 0.1) is 12.5 Å². The molecule has 3 nitrogen and oxygen atoms in total. The molecule has 14 heavy (non-hydrogen) atoms. The minimum atomic E-state index is -0.0818. The van der Waals surface area contributed by atoms with Crippen LogP contribution in [0.5, 0.6) is 0 Å². The summed E-state index contributed by atoms with van der Waals surface area (Å²) < 4.78 is 4.93. The molecule has 0 bridgehead atoms. The highest BCUT2D eigenvalue weighted by molar-refractivity contribution is 5.88. The Bertz CT molecular complexity index is 381. The molecule has 0 aromatic carbocycles. The molecule has 6 aliphatic rings. The zero-order valence-electron chi connectivity index (χ0n) is 7.93. The van der Waals surface area contributed by atoms with Crippen molar-refractivity contribution in [1.29, 1.82) is 0 Å². The Morgan fingerprint density at radius 1 is 1.36 bits per heavy atom. The molecule has 8 atom stereocenters. The number of hydrogen-bond acceptors (Lipinski definition) is 3. The maximum atomic E-state index is 11.8. The molecule has 6 aliphatic carbocycles. The van der Waals surface area contributed by atoms with E-state index in [9.17, 15) is 9.90 Å². The molecule has 3 heteroatoms. The summed E-state index contributed by atoms with van der Waals surface area (Å²) in [6.07, 6.45) is 0. The van der Waals surface area contributed by atoms with Crippen LogP contribution < -0.4 is 0 Å². The summed E-state index contributed by atoms with van der Waals surface area (Å²) >= 11 is 0. The maximum Gasteiger partial charge on any atom is 0.312 e. The van der Waals surface area contributed by atoms with Gasteiger partial charge in [-0.25, -0.2) is 0 Å². The van der Waals surface area contributed by atoms with Crippen LogP contribution in [-0.4, -0.2) is 24.8 Å². The maximum absolute atomic E-state index is 11.8. The Morgan fingerprint density at radius 3 is 2.50 bits per heavy atom. The first-order valence-corrected chi connectivity index (χ1v) is 5.47. The van der Waals surface area contributed by atoms with Crippen molar-refractivity contribution >= 4 is 5.97 Å². The highest BCUT2D eigenvalue weighted by Gasteiger charge is 3.11. The summed E-state index contributed by atoms with van der Waals surface area (Å²) in [5.41, 5.74) is 0.125. The zero-order chi connectivity index (χ0) is 9.46. The van der Waals surface area contributed by atoms with Crippen LogP contribution in [0.3, 0.4) is 0 Å². The number of aliphatic hydroxyl groups is 1. The molecule has 0 saturated heterocycles. The van der Waals surface area contributed by atoms with Crippen LogP contribution in [0, 0.1) is 46.3 Å². The molecule has 0 amide bonds. The first kappa shape index (κ1) is 6.83. The minimum absolute atomic E-state index is 0.0206. The number of carbonyl (C=O) groups excluding carboxylic acids is 1. The van der Waals surface area contributed by atoms with Gasteiger partial charge in [-0.05, 0) is 35.5 Å². The molecule has 0 aromatic heterocycles. The summed E-state index contributed by atoms with van der Waals surface area (Å²) in [5, 5.41) is 9.43. The Hall–Kier alpha value is -0.570. The summed E-state index contributed by atoms with van der Waals surface area (Å²) in [6, 6.07) is 0. The normalized spacial score (nSPS) is 77.0. The minimum Gasteiger partial charge on any atom is -0.469 e. The van der Waals surface area contributed by atoms with E-state index in [4.69, 9.17) is 4.74 Å². The van der Waals surface area contributed by atoms with Crippen molar-refractivity contribution in [3.63, 3.8) is 0 Å². The van der Waals surface area contributed by atoms with Crippen molar-refractivity contribution in [2.75, 3.05) is 13.7 Å². The Balaban J connectivity index is 1.63. The van der Waals surface area contributed by atoms with Crippen LogP contribution in [0.2, 0.25) is 0 Å². The lowest BCUT2D eigenvalue weighted by Gasteiger charge is -3.10. The first-order chi connectivity index (χ1) is 6.77. The van der Waals surface area contributed by atoms with Crippen molar-refractivity contribution in [3.05, 3.63) is 0 Å². The SMILES string of the molecule is COC(=O)C12C3[C@@H]4C5[C@@H]3[C@H]1C5(CO)[C@@H]42. The average molecular weight is 192 g/mol. The second-order valence-electron chi connectivity index (χ2n) is 5.86. The lowest BCUT2D eigenvalue weighted by atomic mass is 8.92. The van der Waals surface area contributed by atoms with Gasteiger partial charge in [0.25, 0.3) is 0 Å². The van der Waals surface area contributed by atoms with Crippen molar-refractivity contribution in [2.24, 2.45) is 46.3 Å². The fourth-order valence-corrected chi connectivity index (χ4v) is 6.75. The zero-order valence-corrected chi connectivity index (χ0v) is 7.93. The van der Waals surface area contributed by atoms with Gasteiger partial charge < -0.3 is 9.84 Å². The molecule has 6 saturated carbocycles. The van der Waals surface area contributed by atoms with Gasteiger partial charge in [-0.15, -0.1) is 0 Å². The first-order valence-electron chi connectivity index (χ1n) is 5.47. The predicted molar refractivity (Wildman–Crippen MR) is 44.9 cm³/mol. The molecule has 0 aromatic rings. The summed E-state index contributed by atoms with van der Waals surface area (Å²) in [7, 11) is 1.50. The lowest BCUT2D eigenvalue weighted by Crippen LogP contribution is -3.11. The van der Waals surface area contributed by atoms with E-state index >= 15 is 0 Å². The van der Waals surface area contributed by atoms with E-state index in [1.54, 1.807) is 0 Å². The van der Waals surface area contributed by atoms with Gasteiger partial charge in [-0.1, -0.05) is 0 Å². The number of carbonyl (C=O) groups is 1. The monoisotopic (exact) mass is 192 g/mol. The Labute approximate surface area is 81.4 Å². The van der Waals surface area contributed by atoms with Gasteiger partial charge in [-0.2, -0.15) is 0 Å². The smallest absolute Gasteiger partial charge is 0.312 e. The molecule has 1 N–H and O–H groups in total. The van der Waals surface area contributed by atoms with Crippen molar-refractivity contribution < 1.29 is 14.6 Å². The van der Waals surface area contributed by atoms with Crippen LogP contribution in [-0.2, 0) is 9.53 Å². The van der Waals surface area contributed by atoms with E-state index in [2.05, 4.69) is 0 Å². The van der Waals surface area contributed by atoms with E-state index in [1.807, 2.05) is 0 Å². The molecule has 0 aliphatic heterocycles. The topological polar surface area (TPSA) is 46.5 Å². The van der Waals surface area contributed by atoms with Crippen LogP contribution in [0.25, 0.3) is 0 Å². The number of esters is 1. The van der Waals surface area contributed by atoms with Crippen molar-refractivity contribution in [2.45, 2.75) is 0 Å². The van der Waals surface area contributed by atoms with E-state index in [-0.39, 0.29) is 16.8 Å². The predicted octanol–water partition coefficient (Wildman–Crippen LogP) is -0.110. The van der Waals surface area contributed by atoms with Gasteiger partial charge in [0.15, 0.2) is 0 Å². The summed E-state index contributed by atoms with van der Waals surface area (Å²) in [4.78, 5) is 11.8. The fraction of sp³-hybridized carbons (Fsp3) is 0.909. The molecule has 0 radical (unpaired) electrons. The average Bonchev–Trinajstić information content (AvgIpc) is 2.27. The number of hydrogen-bond donors (Lipinski definition) is 1. The standard InChI is InChI=1S/C11H12O3/c1-14-9(13)11-6-3-5-4(6)8(11)10(5,2-12)7(3)11/h3-8,12H,2H2,1H3/t3-,4-,5?,6?,7-,8+,10?,11?/m0/s1. The van der Waals surface area contributed by atoms with Crippen LogP contribution in [0.4, 0.5) is 0 Å². The Morgan fingerprint density at radius 2 is 2.00 bits per heavy atom. The van der Waals surface area contributed by atoms with E-state index in [1.165, 1.54) is 7.11 Å². The van der Waals surface area contributed by atoms with Crippen molar-refractivity contribution in [3.8, 4) is 0 Å². The van der Waals surface area contributed by atoms with E-state index < -0.39 is 0 Å². The summed E-state index contributed by atoms with van der Waals surface area (Å²) in [6.45, 7) is 0.311. The quantitative estimate of drug-likeness (QED) is 0.621. The molecule has 74 valence electrons. The van der Waals surface area contributed by atoms with Crippen molar-refractivity contribution in [1.82, 2.24) is 0 Å². The van der Waals surface area contributed by atoms with E-state index in [0.717, 1.165) is 17.8 Å². The molecule has 0 spiro atoms. The molecule has 4 unspecified atom stereocenters. The number of rotatable bonds is 2. The third-order valence-corrected chi connectivity index (χ3v) is 6.60. The van der Waals surface area contributed by atoms with Crippen LogP contribution >= 0.6 is 0 Å². The van der Waals surface area contributed by atoms with Crippen LogP contribution in [0.1, 0.15) is 0 Å².